The van der Waals surface area contributed by atoms with E-state index in [0.717, 1.165) is 21.9 Å². The van der Waals surface area contributed by atoms with Gasteiger partial charge in [0.05, 0.1) is 33.8 Å². The molecule has 0 aliphatic carbocycles. The summed E-state index contributed by atoms with van der Waals surface area (Å²) in [6.07, 6.45) is 3.46. The molecule has 6 nitrogen and oxygen atoms in total. The molecule has 0 saturated heterocycles. The van der Waals surface area contributed by atoms with Crippen LogP contribution in [-0.2, 0) is 45.0 Å². The molecule has 3 aromatic carbocycles. The molecule has 7 aromatic rings. The zero-order valence-corrected chi connectivity index (χ0v) is 31.2. The molecular formula is C42H38Mn2N4O2. The minimum atomic E-state index is -0.177. The molecule has 4 heterocycles. The molecule has 0 aliphatic rings. The van der Waals surface area contributed by atoms with Crippen LogP contribution in [0.15, 0.2) is 109 Å². The van der Waals surface area contributed by atoms with E-state index in [0.29, 0.717) is 56.1 Å². The SMILES string of the molecule is CC(C)(C)c1cc(-c2ccccn2)c(O)c(-c2ccc3ccc4ccc(-c5cc(C(C)(C)C)cc(-c6ccccn6)c5O)nc4c3n2)c1.[Mn].[Mn]. The molecule has 0 fully saturated rings. The number of benzene rings is 3. The van der Waals surface area contributed by atoms with Gasteiger partial charge in [-0.05, 0) is 82.6 Å². The number of phenolic OH excluding ortho intramolecular Hbond substituents is 2. The Bertz CT molecular complexity index is 2170. The number of rotatable bonds is 4. The second-order valence-corrected chi connectivity index (χ2v) is 14.4. The van der Waals surface area contributed by atoms with Crippen molar-refractivity contribution < 1.29 is 44.4 Å². The monoisotopic (exact) mass is 740 g/mol. The summed E-state index contributed by atoms with van der Waals surface area (Å²) < 4.78 is 0. The fourth-order valence-corrected chi connectivity index (χ4v) is 6.03. The molecule has 0 amide bonds. The summed E-state index contributed by atoms with van der Waals surface area (Å²) in [7, 11) is 0. The van der Waals surface area contributed by atoms with E-state index in [2.05, 4.69) is 51.5 Å². The maximum absolute atomic E-state index is 11.7. The van der Waals surface area contributed by atoms with Gasteiger partial charge in [-0.15, -0.1) is 0 Å². The van der Waals surface area contributed by atoms with Crippen LogP contribution in [0.4, 0.5) is 0 Å². The normalized spacial score (nSPS) is 11.6. The number of hydrogen-bond acceptors (Lipinski definition) is 6. The second-order valence-electron chi connectivity index (χ2n) is 14.4. The minimum Gasteiger partial charge on any atom is -0.507 e. The van der Waals surface area contributed by atoms with Crippen molar-refractivity contribution in [2.24, 2.45) is 0 Å². The maximum Gasteiger partial charge on any atom is 0.134 e. The Kier molecular flexibility index (Phi) is 10.3. The third-order valence-electron chi connectivity index (χ3n) is 8.91. The fraction of sp³-hybridized carbons (Fsp3) is 0.190. The van der Waals surface area contributed by atoms with Crippen LogP contribution >= 0.6 is 0 Å². The standard InChI is InChI=1S/C42H38N4O2.2Mn/c1-41(2,3)27-21-29(33-11-7-9-19-43-33)39(47)31(23-27)35-17-15-25-13-14-26-16-18-36(46-38(26)37(25)45-35)32-24-28(42(4,5)6)22-30(40(32)48)34-12-8-10-20-44-34;;/h7-24,47-48H,1-6H3;;. The van der Waals surface area contributed by atoms with Crippen molar-refractivity contribution >= 4 is 21.8 Å². The second kappa shape index (κ2) is 14.0. The van der Waals surface area contributed by atoms with Crippen LogP contribution in [0.2, 0.25) is 0 Å². The van der Waals surface area contributed by atoms with Crippen LogP contribution in [0.3, 0.4) is 0 Å². The molecule has 2 N–H and O–H groups in total. The minimum absolute atomic E-state index is 0. The average molecular weight is 741 g/mol. The van der Waals surface area contributed by atoms with Crippen LogP contribution in [0.25, 0.3) is 66.8 Å². The first-order valence-electron chi connectivity index (χ1n) is 16.2. The largest absolute Gasteiger partial charge is 0.507 e. The predicted molar refractivity (Wildman–Crippen MR) is 195 cm³/mol. The molecule has 0 unspecified atom stereocenters. The molecule has 4 aromatic heterocycles. The predicted octanol–water partition coefficient (Wildman–Crippen LogP) is 10.2. The summed E-state index contributed by atoms with van der Waals surface area (Å²) in [5, 5.41) is 25.2. The summed E-state index contributed by atoms with van der Waals surface area (Å²) >= 11 is 0. The van der Waals surface area contributed by atoms with Crippen LogP contribution in [-0.4, -0.2) is 30.1 Å². The van der Waals surface area contributed by atoms with Crippen molar-refractivity contribution in [1.82, 2.24) is 19.9 Å². The maximum atomic E-state index is 11.7. The quantitative estimate of drug-likeness (QED) is 0.138. The summed E-state index contributed by atoms with van der Waals surface area (Å²) in [4.78, 5) is 19.4. The topological polar surface area (TPSA) is 92.0 Å². The molecule has 0 aliphatic heterocycles. The van der Waals surface area contributed by atoms with Crippen molar-refractivity contribution in [1.29, 1.82) is 0 Å². The van der Waals surface area contributed by atoms with Crippen LogP contribution in [0.1, 0.15) is 52.7 Å². The molecule has 8 heteroatoms. The Morgan fingerprint density at radius 3 is 1.10 bits per heavy atom. The van der Waals surface area contributed by atoms with Gasteiger partial charge in [-0.3, -0.25) is 9.97 Å². The molecule has 0 atom stereocenters. The third kappa shape index (κ3) is 6.90. The number of fused-ring (bicyclic) bond motifs is 3. The van der Waals surface area contributed by atoms with Crippen molar-refractivity contribution in [3.63, 3.8) is 0 Å². The Morgan fingerprint density at radius 2 is 0.780 bits per heavy atom. The number of aromatic hydroxyl groups is 2. The Hall–Kier alpha value is -4.58. The molecule has 50 heavy (non-hydrogen) atoms. The fourth-order valence-electron chi connectivity index (χ4n) is 6.03. The van der Waals surface area contributed by atoms with E-state index in [-0.39, 0.29) is 56.5 Å². The van der Waals surface area contributed by atoms with Gasteiger partial charge in [0.1, 0.15) is 11.5 Å². The molecule has 2 radical (unpaired) electrons. The number of pyridine rings is 4. The van der Waals surface area contributed by atoms with Crippen molar-refractivity contribution in [3.05, 3.63) is 121 Å². The van der Waals surface area contributed by atoms with Gasteiger partial charge in [-0.1, -0.05) is 77.9 Å². The Balaban J connectivity index is 0.00000243. The van der Waals surface area contributed by atoms with E-state index in [1.54, 1.807) is 12.4 Å². The van der Waals surface area contributed by atoms with Gasteiger partial charge in [0.15, 0.2) is 0 Å². The zero-order chi connectivity index (χ0) is 33.8. The van der Waals surface area contributed by atoms with E-state index in [1.165, 1.54) is 0 Å². The summed E-state index contributed by atoms with van der Waals surface area (Å²) in [5.74, 6) is 0.266. The molecule has 252 valence electrons. The average Bonchev–Trinajstić information content (AvgIpc) is 3.07. The summed E-state index contributed by atoms with van der Waals surface area (Å²) in [5.41, 5.74) is 8.46. The molecule has 0 bridgehead atoms. The molecule has 0 spiro atoms. The van der Waals surface area contributed by atoms with Crippen LogP contribution < -0.4 is 0 Å². The number of phenols is 2. The van der Waals surface area contributed by atoms with Crippen LogP contribution in [0.5, 0.6) is 11.5 Å². The van der Waals surface area contributed by atoms with Gasteiger partial charge < -0.3 is 10.2 Å². The van der Waals surface area contributed by atoms with E-state index >= 15 is 0 Å². The van der Waals surface area contributed by atoms with E-state index in [9.17, 15) is 10.2 Å². The first kappa shape index (κ1) is 36.7. The molecule has 0 saturated carbocycles. The van der Waals surface area contributed by atoms with Gasteiger partial charge in [-0.2, -0.15) is 0 Å². The number of aromatic nitrogens is 4. The van der Waals surface area contributed by atoms with Gasteiger partial charge >= 0.3 is 0 Å². The van der Waals surface area contributed by atoms with Gasteiger partial charge in [0.2, 0.25) is 0 Å². The Labute approximate surface area is 314 Å². The van der Waals surface area contributed by atoms with Crippen molar-refractivity contribution in [2.45, 2.75) is 52.4 Å². The smallest absolute Gasteiger partial charge is 0.134 e. The Morgan fingerprint density at radius 1 is 0.440 bits per heavy atom. The van der Waals surface area contributed by atoms with E-state index in [1.807, 2.05) is 97.1 Å². The van der Waals surface area contributed by atoms with E-state index in [4.69, 9.17) is 9.97 Å². The van der Waals surface area contributed by atoms with Gasteiger partial charge in [0.25, 0.3) is 0 Å². The summed E-state index contributed by atoms with van der Waals surface area (Å²) in [6, 6.07) is 31.5. The number of hydrogen-bond donors (Lipinski definition) is 2. The first-order valence-corrected chi connectivity index (χ1v) is 16.2. The first-order chi connectivity index (χ1) is 22.9. The van der Waals surface area contributed by atoms with Gasteiger partial charge in [0, 0.05) is 79.6 Å². The number of nitrogens with zero attached hydrogens (tertiary/aromatic N) is 4. The van der Waals surface area contributed by atoms with Crippen molar-refractivity contribution in [3.8, 4) is 56.5 Å². The summed E-state index contributed by atoms with van der Waals surface area (Å²) in [6.45, 7) is 12.9. The molecular weight excluding hydrogens is 702 g/mol. The van der Waals surface area contributed by atoms with E-state index < -0.39 is 0 Å². The van der Waals surface area contributed by atoms with Crippen LogP contribution in [0, 0.1) is 0 Å². The van der Waals surface area contributed by atoms with Crippen molar-refractivity contribution in [2.75, 3.05) is 0 Å². The molecule has 7 rings (SSSR count). The zero-order valence-electron chi connectivity index (χ0n) is 28.8. The van der Waals surface area contributed by atoms with Gasteiger partial charge in [-0.25, -0.2) is 9.97 Å². The third-order valence-corrected chi connectivity index (χ3v) is 8.91.